The van der Waals surface area contributed by atoms with E-state index in [9.17, 15) is 4.57 Å². The Hall–Kier alpha value is 0.180. The summed E-state index contributed by atoms with van der Waals surface area (Å²) in [6.07, 6.45) is -0.309. The van der Waals surface area contributed by atoms with Crippen LogP contribution in [0.2, 0.25) is 0 Å². The van der Waals surface area contributed by atoms with Crippen LogP contribution in [-0.2, 0) is 4.57 Å². The fraction of sp³-hybridized carbons (Fsp3) is 0.500. The lowest BCUT2D eigenvalue weighted by atomic mass is 10.4. The second-order valence-corrected chi connectivity index (χ2v) is 3.62. The predicted octanol–water partition coefficient (Wildman–Crippen LogP) is 0.959. The summed E-state index contributed by atoms with van der Waals surface area (Å²) in [6, 6.07) is 0. The predicted molar refractivity (Wildman–Crippen MR) is 36.8 cm³/mol. The van der Waals surface area contributed by atoms with E-state index in [1.54, 1.807) is 0 Å². The van der Waals surface area contributed by atoms with Crippen LogP contribution in [0, 0.1) is 0 Å². The smallest absolute Gasteiger partial charge is 0.324 e. The van der Waals surface area contributed by atoms with E-state index < -0.39 is 7.60 Å². The molecule has 5 heteroatoms. The van der Waals surface area contributed by atoms with Crippen LogP contribution in [0.1, 0.15) is 0 Å². The average molecular weight is 171 g/mol. The summed E-state index contributed by atoms with van der Waals surface area (Å²) in [5.41, 5.74) is 0.366. The highest BCUT2D eigenvalue weighted by atomic mass is 35.5. The zero-order valence-corrected chi connectivity index (χ0v) is 6.40. The number of alkyl halides is 1. The lowest BCUT2D eigenvalue weighted by Gasteiger charge is -2.01. The van der Waals surface area contributed by atoms with Crippen LogP contribution in [0.3, 0.4) is 0 Å². The van der Waals surface area contributed by atoms with Gasteiger partial charge < -0.3 is 9.79 Å². The maximum atomic E-state index is 10.2. The third-order valence-corrected chi connectivity index (χ3v) is 1.86. The summed E-state index contributed by atoms with van der Waals surface area (Å²) in [6.45, 7) is 3.33. The Kier molecular flexibility index (Phi) is 3.44. The molecule has 0 unspecified atom stereocenters. The largest absolute Gasteiger partial charge is 0.329 e. The fourth-order valence-electron chi connectivity index (χ4n) is 0.334. The van der Waals surface area contributed by atoms with Crippen molar-refractivity contribution < 1.29 is 14.4 Å². The molecule has 0 saturated carbocycles. The first-order valence-electron chi connectivity index (χ1n) is 2.23. The van der Waals surface area contributed by atoms with Crippen molar-refractivity contribution in [2.24, 2.45) is 0 Å². The molecule has 0 bridgehead atoms. The molecule has 0 spiro atoms. The van der Waals surface area contributed by atoms with Gasteiger partial charge in [0.05, 0.1) is 6.16 Å². The molecule has 0 rings (SSSR count). The fourth-order valence-corrected chi connectivity index (χ4v) is 1.25. The van der Waals surface area contributed by atoms with Gasteiger partial charge in [-0.15, -0.1) is 11.6 Å². The molecule has 0 heterocycles. The third kappa shape index (κ3) is 6.06. The van der Waals surface area contributed by atoms with E-state index in [0.717, 1.165) is 0 Å². The second kappa shape index (κ2) is 3.37. The van der Waals surface area contributed by atoms with Crippen molar-refractivity contribution in [3.05, 3.63) is 12.2 Å². The highest BCUT2D eigenvalue weighted by molar-refractivity contribution is 7.52. The van der Waals surface area contributed by atoms with E-state index in [2.05, 4.69) is 6.58 Å². The van der Waals surface area contributed by atoms with Gasteiger partial charge in [0.1, 0.15) is 0 Å². The zero-order chi connectivity index (χ0) is 7.49. The minimum absolute atomic E-state index is 0.102. The molecule has 0 aliphatic carbocycles. The summed E-state index contributed by atoms with van der Waals surface area (Å²) in [5.74, 6) is 0.102. The van der Waals surface area contributed by atoms with Crippen molar-refractivity contribution in [3.8, 4) is 0 Å². The minimum Gasteiger partial charge on any atom is -0.324 e. The number of halogens is 1. The van der Waals surface area contributed by atoms with E-state index in [4.69, 9.17) is 21.4 Å². The van der Waals surface area contributed by atoms with Crippen LogP contribution in [-0.4, -0.2) is 21.8 Å². The van der Waals surface area contributed by atoms with Gasteiger partial charge in [0.25, 0.3) is 0 Å². The first-order valence-corrected chi connectivity index (χ1v) is 4.56. The Morgan fingerprint density at radius 2 is 2.11 bits per heavy atom. The normalized spacial score (nSPS) is 11.4. The number of rotatable bonds is 3. The topological polar surface area (TPSA) is 57.5 Å². The Morgan fingerprint density at radius 1 is 1.67 bits per heavy atom. The van der Waals surface area contributed by atoms with Gasteiger partial charge in [-0.3, -0.25) is 4.57 Å². The minimum atomic E-state index is -3.92. The monoisotopic (exact) mass is 170 g/mol. The number of allylic oxidation sites excluding steroid dienone is 1. The quantitative estimate of drug-likeness (QED) is 0.377. The molecule has 54 valence electrons. The van der Waals surface area contributed by atoms with E-state index >= 15 is 0 Å². The van der Waals surface area contributed by atoms with Crippen LogP contribution in [0.4, 0.5) is 0 Å². The molecule has 0 aromatic carbocycles. The van der Waals surface area contributed by atoms with Crippen molar-refractivity contribution in [1.29, 1.82) is 0 Å². The molecule has 0 atom stereocenters. The first kappa shape index (κ1) is 9.18. The molecule has 0 radical (unpaired) electrons. The van der Waals surface area contributed by atoms with Crippen molar-refractivity contribution in [1.82, 2.24) is 0 Å². The summed E-state index contributed by atoms with van der Waals surface area (Å²) < 4.78 is 10.2. The van der Waals surface area contributed by atoms with Gasteiger partial charge in [-0.2, -0.15) is 0 Å². The van der Waals surface area contributed by atoms with Crippen LogP contribution in [0.5, 0.6) is 0 Å². The zero-order valence-electron chi connectivity index (χ0n) is 4.75. The van der Waals surface area contributed by atoms with Crippen molar-refractivity contribution in [2.45, 2.75) is 0 Å². The molecule has 0 aliphatic heterocycles. The van der Waals surface area contributed by atoms with Crippen molar-refractivity contribution in [2.75, 3.05) is 12.0 Å². The molecular formula is C4H8ClO3P. The molecule has 0 aliphatic rings. The summed E-state index contributed by atoms with van der Waals surface area (Å²) >= 11 is 5.22. The number of hydrogen-bond acceptors (Lipinski definition) is 1. The maximum absolute atomic E-state index is 10.2. The van der Waals surface area contributed by atoms with Crippen molar-refractivity contribution >= 4 is 19.2 Å². The molecule has 3 nitrogen and oxygen atoms in total. The van der Waals surface area contributed by atoms with Gasteiger partial charge in [0, 0.05) is 5.88 Å². The highest BCUT2D eigenvalue weighted by Gasteiger charge is 2.13. The molecule has 0 amide bonds. The Labute approximate surface area is 58.5 Å². The van der Waals surface area contributed by atoms with E-state index in [1.807, 2.05) is 0 Å². The molecule has 0 fully saturated rings. The average Bonchev–Trinajstić information content (AvgIpc) is 1.62. The molecular weight excluding hydrogens is 162 g/mol. The second-order valence-electron chi connectivity index (χ2n) is 1.71. The van der Waals surface area contributed by atoms with Gasteiger partial charge >= 0.3 is 7.60 Å². The maximum Gasteiger partial charge on any atom is 0.329 e. The van der Waals surface area contributed by atoms with Gasteiger partial charge in [-0.1, -0.05) is 12.2 Å². The van der Waals surface area contributed by atoms with Crippen molar-refractivity contribution in [3.63, 3.8) is 0 Å². The first-order chi connectivity index (χ1) is 3.95. The van der Waals surface area contributed by atoms with E-state index in [0.29, 0.717) is 5.57 Å². The van der Waals surface area contributed by atoms with E-state index in [-0.39, 0.29) is 12.0 Å². The summed E-state index contributed by atoms with van der Waals surface area (Å²) in [4.78, 5) is 16.6. The van der Waals surface area contributed by atoms with Crippen LogP contribution in [0.15, 0.2) is 12.2 Å². The van der Waals surface area contributed by atoms with Gasteiger partial charge in [0.15, 0.2) is 0 Å². The molecule has 0 aromatic heterocycles. The highest BCUT2D eigenvalue weighted by Crippen LogP contribution is 2.36. The van der Waals surface area contributed by atoms with E-state index in [1.165, 1.54) is 0 Å². The Balaban J connectivity index is 3.75. The molecule has 0 saturated heterocycles. The lowest BCUT2D eigenvalue weighted by Crippen LogP contribution is -1.92. The van der Waals surface area contributed by atoms with Crippen LogP contribution in [0.25, 0.3) is 0 Å². The van der Waals surface area contributed by atoms with Crippen LogP contribution >= 0.6 is 19.2 Å². The molecule has 2 N–H and O–H groups in total. The third-order valence-electron chi connectivity index (χ3n) is 0.619. The Bertz CT molecular complexity index is 150. The Morgan fingerprint density at radius 3 is 2.22 bits per heavy atom. The molecule has 0 aromatic rings. The van der Waals surface area contributed by atoms with Gasteiger partial charge in [0.2, 0.25) is 0 Å². The SMILES string of the molecule is C=C(CCl)CP(=O)(O)O. The van der Waals surface area contributed by atoms with Gasteiger partial charge in [-0.25, -0.2) is 0 Å². The molecule has 9 heavy (non-hydrogen) atoms. The lowest BCUT2D eigenvalue weighted by molar-refractivity contribution is 0.376. The summed E-state index contributed by atoms with van der Waals surface area (Å²) in [5, 5.41) is 0. The summed E-state index contributed by atoms with van der Waals surface area (Å²) in [7, 11) is -3.92. The standard InChI is InChI=1S/C4H8ClO3P/c1-4(2-5)3-9(6,7)8/h1-3H2,(H2,6,7,8). The van der Waals surface area contributed by atoms with Crippen LogP contribution < -0.4 is 0 Å². The number of hydrogen-bond donors (Lipinski definition) is 2. The van der Waals surface area contributed by atoms with Gasteiger partial charge in [-0.05, 0) is 0 Å².